The van der Waals surface area contributed by atoms with Crippen LogP contribution in [0, 0.1) is 0 Å². The molecule has 0 aromatic heterocycles. The van der Waals surface area contributed by atoms with Gasteiger partial charge in [-0.1, -0.05) is 23.7 Å². The van der Waals surface area contributed by atoms with Gasteiger partial charge in [-0.25, -0.2) is 5.06 Å². The van der Waals surface area contributed by atoms with Crippen molar-refractivity contribution in [2.75, 3.05) is 13.2 Å². The second-order valence-corrected chi connectivity index (χ2v) is 4.82. The number of halogens is 1. The minimum atomic E-state index is -0.551. The van der Waals surface area contributed by atoms with Crippen molar-refractivity contribution in [3.63, 3.8) is 0 Å². The van der Waals surface area contributed by atoms with E-state index in [1.807, 2.05) is 24.3 Å². The third-order valence-corrected chi connectivity index (χ3v) is 3.10. The molecule has 1 heterocycles. The molecule has 1 atom stereocenters. The van der Waals surface area contributed by atoms with E-state index in [4.69, 9.17) is 16.4 Å². The highest BCUT2D eigenvalue weighted by Crippen LogP contribution is 2.13. The van der Waals surface area contributed by atoms with Gasteiger partial charge in [0.1, 0.15) is 6.61 Å². The van der Waals surface area contributed by atoms with Crippen LogP contribution >= 0.6 is 11.6 Å². The Hall–Kier alpha value is -1.10. The van der Waals surface area contributed by atoms with E-state index in [2.05, 4.69) is 0 Å². The lowest BCUT2D eigenvalue weighted by Crippen LogP contribution is -2.28. The molecule has 1 fully saturated rings. The summed E-state index contributed by atoms with van der Waals surface area (Å²) in [5, 5.41) is 11.2. The minimum Gasteiger partial charge on any atom is -0.389 e. The molecule has 0 spiro atoms. The Kier molecular flexibility index (Phi) is 4.58. The molecule has 0 saturated carbocycles. The molecule has 5 heteroatoms. The van der Waals surface area contributed by atoms with E-state index in [1.165, 1.54) is 5.06 Å². The fourth-order valence-electron chi connectivity index (χ4n) is 1.87. The molecule has 1 N–H and O–H groups in total. The molecule has 18 heavy (non-hydrogen) atoms. The van der Waals surface area contributed by atoms with Crippen molar-refractivity contribution in [1.82, 2.24) is 5.06 Å². The highest BCUT2D eigenvalue weighted by atomic mass is 35.5. The molecule has 1 amide bonds. The maximum Gasteiger partial charge on any atom is 0.246 e. The van der Waals surface area contributed by atoms with Crippen molar-refractivity contribution in [2.24, 2.45) is 0 Å². The number of carbonyl (C=O) groups excluding carboxylic acids is 1. The number of hydroxylamine groups is 2. The van der Waals surface area contributed by atoms with Crippen LogP contribution in [0.3, 0.4) is 0 Å². The predicted molar refractivity (Wildman–Crippen MR) is 68.1 cm³/mol. The van der Waals surface area contributed by atoms with Gasteiger partial charge in [-0.3, -0.25) is 9.63 Å². The zero-order chi connectivity index (χ0) is 13.0. The van der Waals surface area contributed by atoms with E-state index in [-0.39, 0.29) is 19.1 Å². The van der Waals surface area contributed by atoms with Crippen molar-refractivity contribution in [3.05, 3.63) is 34.9 Å². The number of rotatable bonds is 4. The van der Waals surface area contributed by atoms with Crippen LogP contribution in [0.25, 0.3) is 0 Å². The Bertz CT molecular complexity index is 407. The molecule has 1 aliphatic heterocycles. The number of aryl methyl sites for hydroxylation is 1. The van der Waals surface area contributed by atoms with E-state index >= 15 is 0 Å². The predicted octanol–water partition coefficient (Wildman–Crippen LogP) is 1.80. The van der Waals surface area contributed by atoms with Crippen LogP contribution in [0.5, 0.6) is 0 Å². The van der Waals surface area contributed by atoms with Gasteiger partial charge < -0.3 is 5.11 Å². The highest BCUT2D eigenvalue weighted by Gasteiger charge is 2.25. The van der Waals surface area contributed by atoms with Crippen molar-refractivity contribution in [1.29, 1.82) is 0 Å². The van der Waals surface area contributed by atoms with Gasteiger partial charge in [-0.15, -0.1) is 0 Å². The summed E-state index contributed by atoms with van der Waals surface area (Å²) >= 11 is 5.79. The van der Waals surface area contributed by atoms with Crippen LogP contribution < -0.4 is 0 Å². The zero-order valence-electron chi connectivity index (χ0n) is 10.0. The number of benzene rings is 1. The summed E-state index contributed by atoms with van der Waals surface area (Å²) < 4.78 is 0. The fourth-order valence-corrected chi connectivity index (χ4v) is 1.99. The van der Waals surface area contributed by atoms with Crippen molar-refractivity contribution < 1.29 is 14.7 Å². The average molecular weight is 270 g/mol. The molecule has 4 nitrogen and oxygen atoms in total. The summed E-state index contributed by atoms with van der Waals surface area (Å²) in [6, 6.07) is 7.61. The van der Waals surface area contributed by atoms with E-state index in [0.29, 0.717) is 11.4 Å². The number of amides is 1. The number of carbonyl (C=O) groups is 1. The molecule has 1 saturated heterocycles. The number of β-amino-alcohol motifs (C(OH)–C–C–N with tert-alkyl or cyclic N) is 1. The second kappa shape index (κ2) is 6.18. The zero-order valence-corrected chi connectivity index (χ0v) is 10.8. The molecular weight excluding hydrogens is 254 g/mol. The van der Waals surface area contributed by atoms with Gasteiger partial charge in [0.25, 0.3) is 0 Å². The average Bonchev–Trinajstić information content (AvgIpc) is 2.78. The molecule has 1 aromatic rings. The number of aliphatic hydroxyl groups excluding tert-OH is 1. The summed E-state index contributed by atoms with van der Waals surface area (Å²) in [7, 11) is 0. The number of hydrogen-bond donors (Lipinski definition) is 1. The van der Waals surface area contributed by atoms with Crippen LogP contribution in [0.1, 0.15) is 18.4 Å². The summed E-state index contributed by atoms with van der Waals surface area (Å²) in [6.45, 7) is 0.489. The fraction of sp³-hybridized carbons (Fsp3) is 0.462. The first kappa shape index (κ1) is 13.3. The summed E-state index contributed by atoms with van der Waals surface area (Å²) in [6.07, 6.45) is 1.47. The molecule has 0 aliphatic carbocycles. The SMILES string of the molecule is O=C(CCCc1ccc(Cl)cc1)N1C[C@@H](O)CO1. The van der Waals surface area contributed by atoms with Gasteiger partial charge in [0.2, 0.25) is 5.91 Å². The van der Waals surface area contributed by atoms with E-state index in [9.17, 15) is 9.90 Å². The van der Waals surface area contributed by atoms with Crippen molar-refractivity contribution >= 4 is 17.5 Å². The quantitative estimate of drug-likeness (QED) is 0.907. The smallest absolute Gasteiger partial charge is 0.246 e. The Morgan fingerprint density at radius 3 is 2.78 bits per heavy atom. The Balaban J connectivity index is 1.72. The van der Waals surface area contributed by atoms with Gasteiger partial charge in [-0.2, -0.15) is 0 Å². The third kappa shape index (κ3) is 3.70. The maximum absolute atomic E-state index is 11.7. The lowest BCUT2D eigenvalue weighted by Gasteiger charge is -2.13. The Morgan fingerprint density at radius 1 is 1.44 bits per heavy atom. The largest absolute Gasteiger partial charge is 0.389 e. The van der Waals surface area contributed by atoms with E-state index in [1.54, 1.807) is 0 Å². The normalized spacial score (nSPS) is 19.2. The molecule has 1 aromatic carbocycles. The van der Waals surface area contributed by atoms with Crippen molar-refractivity contribution in [2.45, 2.75) is 25.4 Å². The maximum atomic E-state index is 11.7. The molecule has 0 radical (unpaired) electrons. The molecule has 1 aliphatic rings. The molecular formula is C13H16ClNO3. The summed E-state index contributed by atoms with van der Waals surface area (Å²) in [4.78, 5) is 16.8. The van der Waals surface area contributed by atoms with Gasteiger partial charge >= 0.3 is 0 Å². The lowest BCUT2D eigenvalue weighted by molar-refractivity contribution is -0.168. The standard InChI is InChI=1S/C13H16ClNO3/c14-11-6-4-10(5-7-11)2-1-3-13(17)15-8-12(16)9-18-15/h4-7,12,16H,1-3,8-9H2/t12-/m1/s1. The summed E-state index contributed by atoms with van der Waals surface area (Å²) in [5.41, 5.74) is 1.16. The van der Waals surface area contributed by atoms with Gasteiger partial charge in [0, 0.05) is 11.4 Å². The topological polar surface area (TPSA) is 49.8 Å². The van der Waals surface area contributed by atoms with Crippen LogP contribution in [0.4, 0.5) is 0 Å². The Morgan fingerprint density at radius 2 is 2.17 bits per heavy atom. The van der Waals surface area contributed by atoms with Crippen LogP contribution in [0.15, 0.2) is 24.3 Å². The third-order valence-electron chi connectivity index (χ3n) is 2.85. The van der Waals surface area contributed by atoms with E-state index in [0.717, 1.165) is 18.4 Å². The van der Waals surface area contributed by atoms with Crippen LogP contribution in [-0.2, 0) is 16.1 Å². The van der Waals surface area contributed by atoms with E-state index < -0.39 is 6.10 Å². The van der Waals surface area contributed by atoms with Gasteiger partial charge in [0.05, 0.1) is 12.6 Å². The van der Waals surface area contributed by atoms with Crippen molar-refractivity contribution in [3.8, 4) is 0 Å². The van der Waals surface area contributed by atoms with Gasteiger partial charge in [-0.05, 0) is 30.5 Å². The van der Waals surface area contributed by atoms with Crippen LogP contribution in [0.2, 0.25) is 5.02 Å². The minimum absolute atomic E-state index is 0.0690. The second-order valence-electron chi connectivity index (χ2n) is 4.38. The monoisotopic (exact) mass is 269 g/mol. The first-order valence-corrected chi connectivity index (χ1v) is 6.39. The first-order chi connectivity index (χ1) is 8.65. The summed E-state index contributed by atoms with van der Waals surface area (Å²) in [5.74, 6) is -0.0690. The van der Waals surface area contributed by atoms with Gasteiger partial charge in [0.15, 0.2) is 0 Å². The number of hydrogen-bond acceptors (Lipinski definition) is 3. The first-order valence-electron chi connectivity index (χ1n) is 6.01. The molecule has 2 rings (SSSR count). The molecule has 98 valence electrons. The lowest BCUT2D eigenvalue weighted by atomic mass is 10.1. The van der Waals surface area contributed by atoms with Crippen LogP contribution in [-0.4, -0.2) is 35.3 Å². The molecule has 0 bridgehead atoms. The highest BCUT2D eigenvalue weighted by molar-refractivity contribution is 6.30. The number of aliphatic hydroxyl groups is 1. The molecule has 0 unspecified atom stereocenters. The Labute approximate surface area is 111 Å². The number of nitrogens with zero attached hydrogens (tertiary/aromatic N) is 1.